The van der Waals surface area contributed by atoms with E-state index in [1.165, 1.54) is 4.91 Å². The van der Waals surface area contributed by atoms with Crippen LogP contribution in [0.1, 0.15) is 27.2 Å². The third-order valence-electron chi connectivity index (χ3n) is 6.88. The van der Waals surface area contributed by atoms with E-state index in [0.29, 0.717) is 18.2 Å². The summed E-state index contributed by atoms with van der Waals surface area (Å²) in [5, 5.41) is 15.7. The summed E-state index contributed by atoms with van der Waals surface area (Å²) in [5.41, 5.74) is 3.88. The molecule has 4 heterocycles. The highest BCUT2D eigenvalue weighted by Crippen LogP contribution is 2.55. The molecule has 0 amide bonds. The van der Waals surface area contributed by atoms with Gasteiger partial charge in [-0.2, -0.15) is 5.26 Å². The Bertz CT molecular complexity index is 1080. The maximum absolute atomic E-state index is 13.4. The summed E-state index contributed by atoms with van der Waals surface area (Å²) in [6, 6.07) is 9.29. The molecule has 2 N–H and O–H groups in total. The first-order valence-electron chi connectivity index (χ1n) is 11.0. The highest BCUT2D eigenvalue weighted by atomic mass is 35.5. The van der Waals surface area contributed by atoms with Crippen LogP contribution in [0.15, 0.2) is 40.4 Å². The third kappa shape index (κ3) is 3.65. The number of nitrogens with zero attached hydrogens (tertiary/aromatic N) is 4. The van der Waals surface area contributed by atoms with Crippen LogP contribution in [0.5, 0.6) is 0 Å². The van der Waals surface area contributed by atoms with Crippen LogP contribution in [-0.2, 0) is 9.53 Å². The first-order valence-corrected chi connectivity index (χ1v) is 12.4. The van der Waals surface area contributed by atoms with Gasteiger partial charge in [-0.25, -0.2) is 5.43 Å². The molecule has 0 aromatic heterocycles. The van der Waals surface area contributed by atoms with E-state index >= 15 is 0 Å². The second-order valence-electron chi connectivity index (χ2n) is 9.39. The monoisotopic (exact) mass is 486 g/mol. The molecule has 3 fully saturated rings. The number of hydrogen-bond acceptors (Lipinski definition) is 9. The number of fused-ring (bicyclic) bond motifs is 1. The largest absolute Gasteiger partial charge is 0.443 e. The number of hydrogen-bond donors (Lipinski definition) is 2. The first kappa shape index (κ1) is 22.7. The first-order chi connectivity index (χ1) is 15.8. The van der Waals surface area contributed by atoms with Crippen LogP contribution in [0.4, 0.5) is 5.69 Å². The molecule has 4 unspecified atom stereocenters. The number of thioether (sulfide) groups is 1. The number of aliphatic imine (C=N–C) groups is 1. The van der Waals surface area contributed by atoms with Crippen molar-refractivity contribution in [1.82, 2.24) is 15.6 Å². The zero-order chi connectivity index (χ0) is 23.4. The molecule has 4 aliphatic heterocycles. The van der Waals surface area contributed by atoms with Gasteiger partial charge in [-0.1, -0.05) is 23.7 Å². The molecule has 8 nitrogen and oxygen atoms in total. The van der Waals surface area contributed by atoms with E-state index in [0.717, 1.165) is 23.6 Å². The van der Waals surface area contributed by atoms with Gasteiger partial charge in [0.2, 0.25) is 0 Å². The summed E-state index contributed by atoms with van der Waals surface area (Å²) in [5.74, 6) is 0.342. The van der Waals surface area contributed by atoms with Gasteiger partial charge in [-0.15, -0.1) is 11.8 Å². The van der Waals surface area contributed by atoms with Gasteiger partial charge >= 0.3 is 5.97 Å². The molecule has 4 atom stereocenters. The number of benzene rings is 1. The average molecular weight is 487 g/mol. The predicted molar refractivity (Wildman–Crippen MR) is 130 cm³/mol. The number of ether oxygens (including phenoxy) is 1. The molecule has 0 radical (unpaired) electrons. The molecule has 3 saturated heterocycles. The lowest BCUT2D eigenvalue weighted by atomic mass is 9.74. The van der Waals surface area contributed by atoms with Crippen molar-refractivity contribution in [3.8, 4) is 6.07 Å². The van der Waals surface area contributed by atoms with Crippen molar-refractivity contribution in [3.05, 3.63) is 40.4 Å². The summed E-state index contributed by atoms with van der Waals surface area (Å²) < 4.78 is 5.66. The minimum Gasteiger partial charge on any atom is -0.443 e. The molecule has 0 saturated carbocycles. The lowest BCUT2D eigenvalue weighted by molar-refractivity contribution is -0.156. The average Bonchev–Trinajstić information content (AvgIpc) is 3.33. The topological polar surface area (TPSA) is 93.0 Å². The molecule has 4 aliphatic rings. The summed E-state index contributed by atoms with van der Waals surface area (Å²) in [4.78, 5) is 21.6. The lowest BCUT2D eigenvalue weighted by Gasteiger charge is -2.46. The van der Waals surface area contributed by atoms with Crippen molar-refractivity contribution >= 4 is 40.7 Å². The number of halogens is 1. The van der Waals surface area contributed by atoms with E-state index < -0.39 is 17.2 Å². The standard InChI is InChI=1S/C23H27ClN6O2S/c1-14-8-23-15(11-33-18(23)9-26-14)20(21(31)32-22(2,3)12-25)27-10-19-29(23)13-28-30(19)17-7-5-4-6-16(17)24/h4-7,9,15,19-20,27-28H,8,10-11,13H2,1-3H3. The Morgan fingerprint density at radius 1 is 1.42 bits per heavy atom. The second-order valence-corrected chi connectivity index (χ2v) is 10.9. The number of hydrazine groups is 1. The van der Waals surface area contributed by atoms with Crippen molar-refractivity contribution < 1.29 is 9.53 Å². The Morgan fingerprint density at radius 3 is 2.97 bits per heavy atom. The molecular weight excluding hydrogens is 460 g/mol. The van der Waals surface area contributed by atoms with E-state index in [-0.39, 0.29) is 18.1 Å². The second kappa shape index (κ2) is 8.29. The molecule has 10 heteroatoms. The van der Waals surface area contributed by atoms with Crippen molar-refractivity contribution in [2.24, 2.45) is 10.9 Å². The Labute approximate surface area is 203 Å². The fraction of sp³-hybridized carbons (Fsp3) is 0.522. The van der Waals surface area contributed by atoms with E-state index in [1.54, 1.807) is 25.6 Å². The Morgan fingerprint density at radius 2 is 2.21 bits per heavy atom. The fourth-order valence-electron chi connectivity index (χ4n) is 5.39. The van der Waals surface area contributed by atoms with Crippen molar-refractivity contribution in [3.63, 3.8) is 0 Å². The van der Waals surface area contributed by atoms with Gasteiger partial charge in [0.25, 0.3) is 0 Å². The maximum atomic E-state index is 13.4. The molecule has 1 aromatic carbocycles. The van der Waals surface area contributed by atoms with Crippen LogP contribution in [0, 0.1) is 17.2 Å². The van der Waals surface area contributed by atoms with E-state index in [4.69, 9.17) is 16.3 Å². The van der Waals surface area contributed by atoms with Crippen LogP contribution in [0.2, 0.25) is 5.02 Å². The fourth-order valence-corrected chi connectivity index (χ4v) is 7.16. The number of nitrogens with one attached hydrogen (secondary N) is 2. The molecule has 1 aromatic rings. The van der Waals surface area contributed by atoms with E-state index in [9.17, 15) is 10.1 Å². The molecule has 33 heavy (non-hydrogen) atoms. The minimum absolute atomic E-state index is 0.0424. The molecule has 0 aliphatic carbocycles. The number of rotatable bonds is 3. The van der Waals surface area contributed by atoms with Crippen molar-refractivity contribution in [1.29, 1.82) is 5.26 Å². The van der Waals surface area contributed by atoms with Gasteiger partial charge < -0.3 is 10.1 Å². The highest BCUT2D eigenvalue weighted by Gasteiger charge is 2.62. The van der Waals surface area contributed by atoms with Gasteiger partial charge in [-0.05, 0) is 32.9 Å². The smallest absolute Gasteiger partial charge is 0.325 e. The van der Waals surface area contributed by atoms with Crippen molar-refractivity contribution in [2.45, 2.75) is 50.5 Å². The summed E-state index contributed by atoms with van der Waals surface area (Å²) in [7, 11) is 0. The number of anilines is 1. The van der Waals surface area contributed by atoms with Crippen LogP contribution in [0.3, 0.4) is 0 Å². The summed E-state index contributed by atoms with van der Waals surface area (Å²) >= 11 is 8.31. The zero-order valence-electron chi connectivity index (χ0n) is 18.8. The van der Waals surface area contributed by atoms with Crippen LogP contribution >= 0.6 is 23.4 Å². The van der Waals surface area contributed by atoms with Crippen LogP contribution in [-0.4, -0.2) is 58.9 Å². The quantitative estimate of drug-likeness (QED) is 0.630. The highest BCUT2D eigenvalue weighted by molar-refractivity contribution is 8.03. The Kier molecular flexibility index (Phi) is 5.70. The van der Waals surface area contributed by atoms with Gasteiger partial charge in [0.05, 0.1) is 22.9 Å². The van der Waals surface area contributed by atoms with E-state index in [2.05, 4.69) is 31.7 Å². The normalized spacial score (nSPS) is 31.5. The molecular formula is C23H27ClN6O2S. The SMILES string of the molecule is CC1=NC=C2SCC3C(C(=O)OC(C)(C)C#N)NCC4N(c5ccccc5Cl)NCN4C23C1. The number of para-hydroxylation sites is 1. The minimum atomic E-state index is -1.19. The van der Waals surface area contributed by atoms with E-state index in [1.807, 2.05) is 37.4 Å². The van der Waals surface area contributed by atoms with Gasteiger partial charge in [-0.3, -0.25) is 19.7 Å². The molecule has 0 bridgehead atoms. The summed E-state index contributed by atoms with van der Waals surface area (Å²) in [6.45, 7) is 6.41. The van der Waals surface area contributed by atoms with Gasteiger partial charge in [0.1, 0.15) is 18.3 Å². The summed E-state index contributed by atoms with van der Waals surface area (Å²) in [6.07, 6.45) is 2.62. The Balaban J connectivity index is 1.56. The lowest BCUT2D eigenvalue weighted by Crippen LogP contribution is -2.60. The maximum Gasteiger partial charge on any atom is 0.325 e. The third-order valence-corrected chi connectivity index (χ3v) is 8.50. The molecule has 174 valence electrons. The molecule has 5 rings (SSSR count). The van der Waals surface area contributed by atoms with Crippen molar-refractivity contribution in [2.75, 3.05) is 24.0 Å². The number of carbonyl (C=O) groups excluding carboxylic acids is 1. The van der Waals surface area contributed by atoms with Gasteiger partial charge in [0, 0.05) is 41.5 Å². The van der Waals surface area contributed by atoms with Gasteiger partial charge in [0.15, 0.2) is 5.60 Å². The number of carbonyl (C=O) groups is 1. The Hall–Kier alpha value is -2.09. The number of nitriles is 1. The predicted octanol–water partition coefficient (Wildman–Crippen LogP) is 2.88. The zero-order valence-corrected chi connectivity index (χ0v) is 20.4. The van der Waals surface area contributed by atoms with Crippen LogP contribution in [0.25, 0.3) is 0 Å². The van der Waals surface area contributed by atoms with Crippen LogP contribution < -0.4 is 15.8 Å². The molecule has 1 spiro atoms. The number of esters is 1.